The van der Waals surface area contributed by atoms with Crippen molar-refractivity contribution in [1.29, 1.82) is 0 Å². The number of aromatic amines is 1. The lowest BCUT2D eigenvalue weighted by Crippen LogP contribution is -2.21. The van der Waals surface area contributed by atoms with E-state index in [2.05, 4.69) is 20.6 Å². The number of nitrogens with one attached hydrogen (secondary N) is 1. The topological polar surface area (TPSA) is 115 Å². The van der Waals surface area contributed by atoms with E-state index < -0.39 is 26.7 Å². The van der Waals surface area contributed by atoms with E-state index in [9.17, 15) is 21.6 Å². The fraction of sp³-hybridized carbons (Fsp3) is 0.0714. The maximum atomic E-state index is 13.4. The molecule has 2 aromatic carbocycles. The van der Waals surface area contributed by atoms with E-state index in [1.54, 1.807) is 30.3 Å². The number of hydrogen-bond donors (Lipinski definition) is 2. The third-order valence-electron chi connectivity index (χ3n) is 3.40. The molecule has 0 saturated carbocycles. The van der Waals surface area contributed by atoms with Crippen LogP contribution in [-0.2, 0) is 16.2 Å². The molecule has 0 aliphatic heterocycles. The van der Waals surface area contributed by atoms with Crippen molar-refractivity contribution in [2.75, 3.05) is 0 Å². The van der Waals surface area contributed by atoms with Crippen molar-refractivity contribution in [2.24, 2.45) is 5.14 Å². The Morgan fingerprint density at radius 3 is 2.24 bits per heavy atom. The van der Waals surface area contributed by atoms with Crippen molar-refractivity contribution in [3.8, 4) is 22.5 Å². The first-order valence-corrected chi connectivity index (χ1v) is 8.30. The van der Waals surface area contributed by atoms with E-state index in [0.29, 0.717) is 11.6 Å². The molecule has 130 valence electrons. The summed E-state index contributed by atoms with van der Waals surface area (Å²) in [4.78, 5) is -1.09. The Bertz CT molecular complexity index is 1000. The van der Waals surface area contributed by atoms with Crippen molar-refractivity contribution >= 4 is 10.0 Å². The minimum Gasteiger partial charge on any atom is -0.225 e. The summed E-state index contributed by atoms with van der Waals surface area (Å²) in [6.45, 7) is 0. The average molecular weight is 369 g/mol. The molecular weight excluding hydrogens is 359 g/mol. The third-order valence-corrected chi connectivity index (χ3v) is 4.39. The van der Waals surface area contributed by atoms with E-state index in [-0.39, 0.29) is 17.0 Å². The Hall–Kier alpha value is -2.79. The zero-order valence-corrected chi connectivity index (χ0v) is 13.1. The van der Waals surface area contributed by atoms with Gasteiger partial charge in [0.15, 0.2) is 0 Å². The van der Waals surface area contributed by atoms with Gasteiger partial charge in [-0.3, -0.25) is 0 Å². The quantitative estimate of drug-likeness (QED) is 0.734. The molecule has 0 unspecified atom stereocenters. The predicted molar refractivity (Wildman–Crippen MR) is 81.4 cm³/mol. The molecule has 0 aliphatic rings. The van der Waals surface area contributed by atoms with Crippen LogP contribution in [0.2, 0.25) is 0 Å². The van der Waals surface area contributed by atoms with Crippen LogP contribution < -0.4 is 5.14 Å². The average Bonchev–Trinajstić information content (AvgIpc) is 3.07. The summed E-state index contributed by atoms with van der Waals surface area (Å²) in [5.74, 6) is -0.311. The predicted octanol–water partition coefficient (Wildman–Crippen LogP) is 2.20. The summed E-state index contributed by atoms with van der Waals surface area (Å²) in [7, 11) is -4.75. The highest BCUT2D eigenvalue weighted by atomic mass is 32.2. The number of H-pyrrole nitrogens is 1. The lowest BCUT2D eigenvalue weighted by molar-refractivity contribution is -0.139. The van der Waals surface area contributed by atoms with Gasteiger partial charge in [-0.1, -0.05) is 36.4 Å². The zero-order valence-electron chi connectivity index (χ0n) is 12.3. The summed E-state index contributed by atoms with van der Waals surface area (Å²) in [6, 6.07) is 10.1. The van der Waals surface area contributed by atoms with Gasteiger partial charge in [0.1, 0.15) is 4.90 Å². The van der Waals surface area contributed by atoms with Crippen LogP contribution in [0.3, 0.4) is 0 Å². The summed E-state index contributed by atoms with van der Waals surface area (Å²) in [5, 5.41) is 17.8. The first kappa shape index (κ1) is 17.0. The number of halogens is 3. The van der Waals surface area contributed by atoms with E-state index >= 15 is 0 Å². The van der Waals surface area contributed by atoms with Crippen LogP contribution in [0.15, 0.2) is 47.4 Å². The minimum atomic E-state index is -4.94. The van der Waals surface area contributed by atoms with Crippen LogP contribution in [0.4, 0.5) is 13.2 Å². The van der Waals surface area contributed by atoms with E-state index in [4.69, 9.17) is 5.14 Å². The molecule has 0 saturated heterocycles. The van der Waals surface area contributed by atoms with Crippen molar-refractivity contribution in [2.45, 2.75) is 11.1 Å². The van der Waals surface area contributed by atoms with Gasteiger partial charge in [0.2, 0.25) is 15.8 Å². The van der Waals surface area contributed by atoms with Crippen LogP contribution in [0.5, 0.6) is 0 Å². The maximum Gasteiger partial charge on any atom is 0.417 e. The third kappa shape index (κ3) is 3.23. The van der Waals surface area contributed by atoms with Gasteiger partial charge >= 0.3 is 6.18 Å². The standard InChI is InChI=1S/C14H10F3N5O2S/c15-14(16,17)10-7-6-9(8-4-2-1-3-5-8)11(12(10)25(18,23)24)13-19-21-22-20-13/h1-7H,(H2,18,23,24)(H,19,20,21,22). The van der Waals surface area contributed by atoms with Gasteiger partial charge in [-0.2, -0.15) is 18.4 Å². The molecule has 0 spiro atoms. The summed E-state index contributed by atoms with van der Waals surface area (Å²) in [6.07, 6.45) is -4.94. The van der Waals surface area contributed by atoms with Crippen LogP contribution in [-0.4, -0.2) is 29.0 Å². The monoisotopic (exact) mass is 369 g/mol. The summed E-state index contributed by atoms with van der Waals surface area (Å²) in [5.41, 5.74) is -1.10. The molecule has 25 heavy (non-hydrogen) atoms. The van der Waals surface area contributed by atoms with E-state index in [0.717, 1.165) is 6.07 Å². The number of hydrogen-bond acceptors (Lipinski definition) is 5. The van der Waals surface area contributed by atoms with E-state index in [1.807, 2.05) is 0 Å². The highest BCUT2D eigenvalue weighted by Gasteiger charge is 2.39. The highest BCUT2D eigenvalue weighted by Crippen LogP contribution is 2.42. The Labute approximate surface area is 139 Å². The number of alkyl halides is 3. The number of nitrogens with zero attached hydrogens (tertiary/aromatic N) is 3. The number of tetrazole rings is 1. The second-order valence-electron chi connectivity index (χ2n) is 5.01. The largest absolute Gasteiger partial charge is 0.417 e. The normalized spacial score (nSPS) is 12.3. The molecule has 11 heteroatoms. The molecule has 0 bridgehead atoms. The zero-order chi connectivity index (χ0) is 18.2. The van der Waals surface area contributed by atoms with Gasteiger partial charge in [0.25, 0.3) is 0 Å². The number of sulfonamides is 1. The molecule has 0 amide bonds. The highest BCUT2D eigenvalue weighted by molar-refractivity contribution is 7.89. The number of rotatable bonds is 3. The van der Waals surface area contributed by atoms with Gasteiger partial charge in [0.05, 0.1) is 11.1 Å². The van der Waals surface area contributed by atoms with Crippen molar-refractivity contribution in [3.05, 3.63) is 48.0 Å². The Balaban J connectivity index is 2.48. The van der Waals surface area contributed by atoms with Crippen LogP contribution in [0.1, 0.15) is 5.56 Å². The summed E-state index contributed by atoms with van der Waals surface area (Å²) < 4.78 is 64.0. The van der Waals surface area contributed by atoms with Gasteiger partial charge in [-0.15, -0.1) is 10.2 Å². The first-order valence-electron chi connectivity index (χ1n) is 6.76. The fourth-order valence-electron chi connectivity index (χ4n) is 2.45. The fourth-order valence-corrected chi connectivity index (χ4v) is 3.43. The van der Waals surface area contributed by atoms with E-state index in [1.165, 1.54) is 0 Å². The second-order valence-corrected chi connectivity index (χ2v) is 6.51. The first-order chi connectivity index (χ1) is 11.7. The van der Waals surface area contributed by atoms with Crippen LogP contribution in [0, 0.1) is 0 Å². The van der Waals surface area contributed by atoms with Crippen molar-refractivity contribution < 1.29 is 21.6 Å². The molecule has 0 radical (unpaired) electrons. The minimum absolute atomic E-state index is 0.180. The molecule has 0 atom stereocenters. The smallest absolute Gasteiger partial charge is 0.225 e. The Kier molecular flexibility index (Phi) is 4.05. The summed E-state index contributed by atoms with van der Waals surface area (Å²) >= 11 is 0. The molecular formula is C14H10F3N5O2S. The molecule has 3 N–H and O–H groups in total. The SMILES string of the molecule is NS(=O)(=O)c1c(C(F)(F)F)ccc(-c2ccccc2)c1-c1nn[nH]n1. The van der Waals surface area contributed by atoms with Crippen molar-refractivity contribution in [1.82, 2.24) is 20.6 Å². The number of primary sulfonamides is 1. The van der Waals surface area contributed by atoms with Gasteiger partial charge < -0.3 is 0 Å². The molecule has 1 aromatic heterocycles. The molecule has 0 aliphatic carbocycles. The van der Waals surface area contributed by atoms with Gasteiger partial charge in [-0.05, 0) is 22.4 Å². The lowest BCUT2D eigenvalue weighted by Gasteiger charge is -2.17. The maximum absolute atomic E-state index is 13.4. The van der Waals surface area contributed by atoms with Crippen LogP contribution in [0.25, 0.3) is 22.5 Å². The molecule has 7 nitrogen and oxygen atoms in total. The second kappa shape index (κ2) is 5.93. The molecule has 3 aromatic rings. The van der Waals surface area contributed by atoms with Gasteiger partial charge in [0, 0.05) is 0 Å². The number of nitrogens with two attached hydrogens (primary N) is 1. The van der Waals surface area contributed by atoms with Gasteiger partial charge in [-0.25, -0.2) is 13.6 Å². The van der Waals surface area contributed by atoms with Crippen LogP contribution >= 0.6 is 0 Å². The molecule has 3 rings (SSSR count). The number of aromatic nitrogens is 4. The molecule has 0 fully saturated rings. The lowest BCUT2D eigenvalue weighted by atomic mass is 9.96. The Morgan fingerprint density at radius 2 is 1.72 bits per heavy atom. The molecule has 1 heterocycles. The van der Waals surface area contributed by atoms with Crippen molar-refractivity contribution in [3.63, 3.8) is 0 Å². The number of benzene rings is 2. The Morgan fingerprint density at radius 1 is 1.04 bits per heavy atom.